The van der Waals surface area contributed by atoms with Gasteiger partial charge in [0.1, 0.15) is 0 Å². The predicted molar refractivity (Wildman–Crippen MR) is 76.4 cm³/mol. The second kappa shape index (κ2) is 7.65. The standard InChI is InChI=1S/C15H21BrO/c1-3-5-7-12(4-2)10-15(17)13-8-6-9-14(16)11-13/h6,8-9,11-12H,3-5,7,10H2,1-2H3. The molecule has 0 fully saturated rings. The third-order valence-electron chi connectivity index (χ3n) is 3.16. The van der Waals surface area contributed by atoms with Gasteiger partial charge in [-0.3, -0.25) is 4.79 Å². The molecule has 1 atom stereocenters. The van der Waals surface area contributed by atoms with Gasteiger partial charge in [-0.1, -0.05) is 67.6 Å². The fourth-order valence-corrected chi connectivity index (χ4v) is 2.38. The van der Waals surface area contributed by atoms with Crippen LogP contribution in [0.25, 0.3) is 0 Å². The first kappa shape index (κ1) is 14.4. The minimum atomic E-state index is 0.272. The van der Waals surface area contributed by atoms with Crippen LogP contribution >= 0.6 is 15.9 Å². The first-order chi connectivity index (χ1) is 8.17. The van der Waals surface area contributed by atoms with Crippen molar-refractivity contribution in [3.8, 4) is 0 Å². The van der Waals surface area contributed by atoms with Crippen molar-refractivity contribution in [1.29, 1.82) is 0 Å². The summed E-state index contributed by atoms with van der Waals surface area (Å²) in [5, 5.41) is 0. The molecule has 0 aliphatic carbocycles. The smallest absolute Gasteiger partial charge is 0.163 e. The van der Waals surface area contributed by atoms with Gasteiger partial charge in [-0.2, -0.15) is 0 Å². The molecule has 2 heteroatoms. The second-order valence-electron chi connectivity index (χ2n) is 4.55. The number of halogens is 1. The molecule has 0 aromatic heterocycles. The van der Waals surface area contributed by atoms with Crippen LogP contribution in [0.2, 0.25) is 0 Å². The minimum absolute atomic E-state index is 0.272. The molecule has 1 unspecified atom stereocenters. The summed E-state index contributed by atoms with van der Waals surface area (Å²) < 4.78 is 0.977. The molecule has 0 saturated heterocycles. The van der Waals surface area contributed by atoms with Gasteiger partial charge in [-0.15, -0.1) is 0 Å². The number of Topliss-reactive ketones (excluding diaryl/α,β-unsaturated/α-hetero) is 1. The highest BCUT2D eigenvalue weighted by atomic mass is 79.9. The number of carbonyl (C=O) groups is 1. The molecule has 0 amide bonds. The Kier molecular flexibility index (Phi) is 6.49. The molecule has 0 aliphatic heterocycles. The number of rotatable bonds is 7. The molecule has 0 spiro atoms. The van der Waals surface area contributed by atoms with E-state index in [9.17, 15) is 4.79 Å². The predicted octanol–water partition coefficient (Wildman–Crippen LogP) is 5.24. The van der Waals surface area contributed by atoms with Gasteiger partial charge >= 0.3 is 0 Å². The Bertz CT molecular complexity index is 360. The lowest BCUT2D eigenvalue weighted by Crippen LogP contribution is -2.08. The second-order valence-corrected chi connectivity index (χ2v) is 5.47. The van der Waals surface area contributed by atoms with Crippen molar-refractivity contribution < 1.29 is 4.79 Å². The van der Waals surface area contributed by atoms with Crippen LogP contribution in [-0.4, -0.2) is 5.78 Å². The molecule has 1 nitrogen and oxygen atoms in total. The van der Waals surface area contributed by atoms with Crippen molar-refractivity contribution in [2.24, 2.45) is 5.92 Å². The van der Waals surface area contributed by atoms with Crippen LogP contribution in [0.5, 0.6) is 0 Å². The Labute approximate surface area is 113 Å². The van der Waals surface area contributed by atoms with Gasteiger partial charge in [0.15, 0.2) is 5.78 Å². The van der Waals surface area contributed by atoms with Gasteiger partial charge in [0.2, 0.25) is 0 Å². The Morgan fingerprint density at radius 1 is 1.35 bits per heavy atom. The molecule has 0 radical (unpaired) electrons. The third kappa shape index (κ3) is 5.03. The maximum atomic E-state index is 12.1. The van der Waals surface area contributed by atoms with Crippen molar-refractivity contribution in [2.45, 2.75) is 46.0 Å². The zero-order chi connectivity index (χ0) is 12.7. The Morgan fingerprint density at radius 3 is 2.71 bits per heavy atom. The van der Waals surface area contributed by atoms with E-state index in [1.54, 1.807) is 0 Å². The van der Waals surface area contributed by atoms with E-state index in [0.717, 1.165) is 16.5 Å². The number of hydrogen-bond acceptors (Lipinski definition) is 1. The molecule has 1 rings (SSSR count). The quantitative estimate of drug-likeness (QED) is 0.629. The van der Waals surface area contributed by atoms with E-state index < -0.39 is 0 Å². The highest BCUT2D eigenvalue weighted by Crippen LogP contribution is 2.20. The van der Waals surface area contributed by atoms with Crippen molar-refractivity contribution in [3.63, 3.8) is 0 Å². The molecule has 1 aromatic rings. The van der Waals surface area contributed by atoms with Gasteiger partial charge < -0.3 is 0 Å². The molecule has 0 bridgehead atoms. The molecule has 0 aliphatic rings. The molecule has 1 aromatic carbocycles. The number of unbranched alkanes of at least 4 members (excludes halogenated alkanes) is 1. The van der Waals surface area contributed by atoms with E-state index in [4.69, 9.17) is 0 Å². The zero-order valence-corrected chi connectivity index (χ0v) is 12.3. The lowest BCUT2D eigenvalue weighted by molar-refractivity contribution is 0.0957. The Morgan fingerprint density at radius 2 is 2.12 bits per heavy atom. The highest BCUT2D eigenvalue weighted by molar-refractivity contribution is 9.10. The van der Waals surface area contributed by atoms with Crippen molar-refractivity contribution >= 4 is 21.7 Å². The van der Waals surface area contributed by atoms with Crippen LogP contribution in [0, 0.1) is 5.92 Å². The molecule has 17 heavy (non-hydrogen) atoms. The topological polar surface area (TPSA) is 17.1 Å². The summed E-state index contributed by atoms with van der Waals surface area (Å²) in [6, 6.07) is 7.68. The SMILES string of the molecule is CCCCC(CC)CC(=O)c1cccc(Br)c1. The van der Waals surface area contributed by atoms with Gasteiger partial charge in [-0.25, -0.2) is 0 Å². The Hall–Kier alpha value is -0.630. The monoisotopic (exact) mass is 296 g/mol. The molecule has 0 N–H and O–H groups in total. The molecular formula is C15H21BrO. The van der Waals surface area contributed by atoms with Gasteiger partial charge in [0.05, 0.1) is 0 Å². The lowest BCUT2D eigenvalue weighted by atomic mass is 9.92. The van der Waals surface area contributed by atoms with E-state index in [-0.39, 0.29) is 5.78 Å². The highest BCUT2D eigenvalue weighted by Gasteiger charge is 2.13. The van der Waals surface area contributed by atoms with E-state index >= 15 is 0 Å². The van der Waals surface area contributed by atoms with Crippen LogP contribution in [-0.2, 0) is 0 Å². The van der Waals surface area contributed by atoms with E-state index in [1.165, 1.54) is 19.3 Å². The summed E-state index contributed by atoms with van der Waals surface area (Å²) >= 11 is 3.40. The van der Waals surface area contributed by atoms with Gasteiger partial charge in [-0.05, 0) is 18.1 Å². The van der Waals surface area contributed by atoms with Gasteiger partial charge in [0.25, 0.3) is 0 Å². The summed E-state index contributed by atoms with van der Waals surface area (Å²) in [5.74, 6) is 0.815. The van der Waals surface area contributed by atoms with Crippen LogP contribution in [0.3, 0.4) is 0 Å². The maximum Gasteiger partial charge on any atom is 0.163 e. The summed E-state index contributed by atoms with van der Waals surface area (Å²) in [6.45, 7) is 4.37. The largest absolute Gasteiger partial charge is 0.294 e. The van der Waals surface area contributed by atoms with E-state index in [0.29, 0.717) is 12.3 Å². The maximum absolute atomic E-state index is 12.1. The summed E-state index contributed by atoms with van der Waals surface area (Å²) in [6.07, 6.45) is 5.39. The number of benzene rings is 1. The third-order valence-corrected chi connectivity index (χ3v) is 3.66. The van der Waals surface area contributed by atoms with Crippen LogP contribution in [0.1, 0.15) is 56.3 Å². The molecule has 94 valence electrons. The zero-order valence-electron chi connectivity index (χ0n) is 10.7. The normalized spacial score (nSPS) is 12.4. The molecule has 0 saturated carbocycles. The van der Waals surface area contributed by atoms with E-state index in [2.05, 4.69) is 29.8 Å². The Balaban J connectivity index is 2.58. The average molecular weight is 297 g/mol. The first-order valence-corrected chi connectivity index (χ1v) is 7.25. The fraction of sp³-hybridized carbons (Fsp3) is 0.533. The van der Waals surface area contributed by atoms with Crippen LogP contribution in [0.15, 0.2) is 28.7 Å². The first-order valence-electron chi connectivity index (χ1n) is 6.46. The lowest BCUT2D eigenvalue weighted by Gasteiger charge is -2.13. The minimum Gasteiger partial charge on any atom is -0.294 e. The number of ketones is 1. The summed E-state index contributed by atoms with van der Waals surface area (Å²) in [7, 11) is 0. The fourth-order valence-electron chi connectivity index (χ4n) is 1.99. The molecule has 0 heterocycles. The number of carbonyl (C=O) groups excluding carboxylic acids is 1. The number of hydrogen-bond donors (Lipinski definition) is 0. The van der Waals surface area contributed by atoms with Crippen LogP contribution < -0.4 is 0 Å². The van der Waals surface area contributed by atoms with Crippen LogP contribution in [0.4, 0.5) is 0 Å². The average Bonchev–Trinajstić information content (AvgIpc) is 2.34. The van der Waals surface area contributed by atoms with E-state index in [1.807, 2.05) is 24.3 Å². The molecular weight excluding hydrogens is 276 g/mol. The van der Waals surface area contributed by atoms with Crippen molar-refractivity contribution in [3.05, 3.63) is 34.3 Å². The van der Waals surface area contributed by atoms with Crippen molar-refractivity contribution in [1.82, 2.24) is 0 Å². The summed E-state index contributed by atoms with van der Waals surface area (Å²) in [5.41, 5.74) is 0.828. The summed E-state index contributed by atoms with van der Waals surface area (Å²) in [4.78, 5) is 12.1. The van der Waals surface area contributed by atoms with Crippen molar-refractivity contribution in [2.75, 3.05) is 0 Å². The van der Waals surface area contributed by atoms with Gasteiger partial charge in [0, 0.05) is 16.5 Å².